The third kappa shape index (κ3) is 4.86. The van der Waals surface area contributed by atoms with Crippen molar-refractivity contribution in [3.63, 3.8) is 0 Å². The zero-order valence-electron chi connectivity index (χ0n) is 17.5. The summed E-state index contributed by atoms with van der Waals surface area (Å²) >= 11 is 6.15. The van der Waals surface area contributed by atoms with Crippen LogP contribution < -0.4 is 10.1 Å². The average molecular weight is 431 g/mol. The summed E-state index contributed by atoms with van der Waals surface area (Å²) in [6.45, 7) is 4.96. The molecule has 1 N–H and O–H groups in total. The fraction of sp³-hybridized carbons (Fsp3) is 0.154. The highest BCUT2D eigenvalue weighted by atomic mass is 35.5. The summed E-state index contributed by atoms with van der Waals surface area (Å²) < 4.78 is 5.88. The number of nitrogens with one attached hydrogen (secondary N) is 1. The van der Waals surface area contributed by atoms with Crippen LogP contribution in [0.3, 0.4) is 0 Å². The summed E-state index contributed by atoms with van der Waals surface area (Å²) in [6, 6.07) is 23.0. The number of benzene rings is 3. The molecule has 0 unspecified atom stereocenters. The van der Waals surface area contributed by atoms with Crippen LogP contribution in [0.1, 0.15) is 28.4 Å². The Kier molecular flexibility index (Phi) is 6.19. The highest BCUT2D eigenvalue weighted by Gasteiger charge is 2.13. The number of fused-ring (bicyclic) bond motifs is 1. The van der Waals surface area contributed by atoms with Gasteiger partial charge in [0.15, 0.2) is 0 Å². The fourth-order valence-corrected chi connectivity index (χ4v) is 3.59. The van der Waals surface area contributed by atoms with E-state index in [4.69, 9.17) is 21.3 Å². The number of hydrogen-bond acceptors (Lipinski definition) is 3. The van der Waals surface area contributed by atoms with E-state index in [0.717, 1.165) is 27.7 Å². The Hall–Kier alpha value is -3.37. The molecule has 0 spiro atoms. The summed E-state index contributed by atoms with van der Waals surface area (Å²) in [4.78, 5) is 17.5. The molecule has 4 rings (SSSR count). The van der Waals surface area contributed by atoms with Gasteiger partial charge in [-0.05, 0) is 49.7 Å². The zero-order chi connectivity index (χ0) is 21.8. The summed E-state index contributed by atoms with van der Waals surface area (Å²) in [5.74, 6) is 0.555. The smallest absolute Gasteiger partial charge is 0.251 e. The molecule has 1 aromatic heterocycles. The molecule has 4 aromatic rings. The maximum atomic E-state index is 12.7. The normalized spacial score (nSPS) is 10.8. The minimum Gasteiger partial charge on any atom is -0.493 e. The second kappa shape index (κ2) is 9.19. The van der Waals surface area contributed by atoms with E-state index in [1.807, 2.05) is 80.6 Å². The van der Waals surface area contributed by atoms with Crippen LogP contribution in [-0.4, -0.2) is 17.5 Å². The Labute approximate surface area is 186 Å². The zero-order valence-corrected chi connectivity index (χ0v) is 18.2. The molecule has 1 heterocycles. The van der Waals surface area contributed by atoms with Gasteiger partial charge in [-0.25, -0.2) is 4.98 Å². The van der Waals surface area contributed by atoms with E-state index < -0.39 is 0 Å². The molecular formula is C26H23ClN2O2. The lowest BCUT2D eigenvalue weighted by Gasteiger charge is -2.12. The number of rotatable bonds is 6. The lowest BCUT2D eigenvalue weighted by molar-refractivity contribution is 0.0951. The van der Waals surface area contributed by atoms with E-state index in [1.165, 1.54) is 5.56 Å². The Bertz CT molecular complexity index is 1240. The van der Waals surface area contributed by atoms with Crippen molar-refractivity contribution in [1.29, 1.82) is 0 Å². The second-order valence-corrected chi connectivity index (χ2v) is 7.79. The molecule has 3 aromatic carbocycles. The number of aromatic nitrogens is 1. The van der Waals surface area contributed by atoms with Gasteiger partial charge < -0.3 is 10.1 Å². The van der Waals surface area contributed by atoms with Gasteiger partial charge in [-0.2, -0.15) is 0 Å². The summed E-state index contributed by atoms with van der Waals surface area (Å²) in [5.41, 5.74) is 5.26. The maximum absolute atomic E-state index is 12.7. The van der Waals surface area contributed by atoms with Gasteiger partial charge in [0.05, 0.1) is 17.8 Å². The van der Waals surface area contributed by atoms with Crippen molar-refractivity contribution in [2.45, 2.75) is 20.4 Å². The minimum absolute atomic E-state index is 0.135. The lowest BCUT2D eigenvalue weighted by atomic mass is 10.1. The van der Waals surface area contributed by atoms with Gasteiger partial charge in [0.25, 0.3) is 5.91 Å². The number of aryl methyl sites for hydroxylation is 1. The number of carbonyl (C=O) groups is 1. The van der Waals surface area contributed by atoms with Gasteiger partial charge >= 0.3 is 0 Å². The molecule has 0 saturated heterocycles. The Balaban J connectivity index is 1.64. The van der Waals surface area contributed by atoms with Crippen molar-refractivity contribution in [2.75, 3.05) is 6.61 Å². The number of pyridine rings is 1. The molecule has 0 saturated carbocycles. The minimum atomic E-state index is -0.135. The van der Waals surface area contributed by atoms with Crippen LogP contribution >= 0.6 is 11.6 Å². The van der Waals surface area contributed by atoms with Crippen LogP contribution in [0.15, 0.2) is 72.8 Å². The number of nitrogens with zero attached hydrogens (tertiary/aromatic N) is 1. The van der Waals surface area contributed by atoms with E-state index in [0.29, 0.717) is 29.5 Å². The van der Waals surface area contributed by atoms with Gasteiger partial charge in [0, 0.05) is 34.1 Å². The van der Waals surface area contributed by atoms with Crippen LogP contribution in [0.25, 0.3) is 22.2 Å². The molecule has 0 aliphatic carbocycles. The van der Waals surface area contributed by atoms with E-state index in [2.05, 4.69) is 5.32 Å². The van der Waals surface area contributed by atoms with Crippen LogP contribution in [-0.2, 0) is 6.54 Å². The van der Waals surface area contributed by atoms with Crippen molar-refractivity contribution in [3.05, 3.63) is 94.5 Å². The number of ether oxygens (including phenoxy) is 1. The molecule has 31 heavy (non-hydrogen) atoms. The van der Waals surface area contributed by atoms with Gasteiger partial charge in [-0.15, -0.1) is 0 Å². The van der Waals surface area contributed by atoms with Crippen molar-refractivity contribution in [2.24, 2.45) is 0 Å². The monoisotopic (exact) mass is 430 g/mol. The summed E-state index contributed by atoms with van der Waals surface area (Å²) in [7, 11) is 0. The van der Waals surface area contributed by atoms with Crippen molar-refractivity contribution in [3.8, 4) is 17.0 Å². The van der Waals surface area contributed by atoms with Crippen molar-refractivity contribution >= 4 is 28.4 Å². The first kappa shape index (κ1) is 20.9. The Morgan fingerprint density at radius 2 is 1.84 bits per heavy atom. The van der Waals surface area contributed by atoms with Gasteiger partial charge in [-0.1, -0.05) is 53.6 Å². The molecule has 4 nitrogen and oxygen atoms in total. The molecule has 156 valence electrons. The van der Waals surface area contributed by atoms with Gasteiger partial charge in [0.2, 0.25) is 0 Å². The predicted octanol–water partition coefficient (Wildman–Crippen LogP) is 6.19. The first-order chi connectivity index (χ1) is 15.0. The summed E-state index contributed by atoms with van der Waals surface area (Å²) in [6.07, 6.45) is 0. The molecular weight excluding hydrogens is 408 g/mol. The first-order valence-electron chi connectivity index (χ1n) is 10.2. The second-order valence-electron chi connectivity index (χ2n) is 7.35. The van der Waals surface area contributed by atoms with Crippen LogP contribution in [0.4, 0.5) is 0 Å². The third-order valence-corrected chi connectivity index (χ3v) is 5.26. The third-order valence-electron chi connectivity index (χ3n) is 5.03. The largest absolute Gasteiger partial charge is 0.493 e. The number of halogens is 1. The van der Waals surface area contributed by atoms with E-state index in [1.54, 1.807) is 6.07 Å². The molecule has 0 aliphatic rings. The molecule has 0 fully saturated rings. The highest BCUT2D eigenvalue weighted by molar-refractivity contribution is 6.30. The molecule has 0 radical (unpaired) electrons. The number of hydrogen-bond donors (Lipinski definition) is 1. The number of carbonyl (C=O) groups excluding carboxylic acids is 1. The van der Waals surface area contributed by atoms with Crippen molar-refractivity contribution in [1.82, 2.24) is 10.3 Å². The van der Waals surface area contributed by atoms with E-state index >= 15 is 0 Å². The van der Waals surface area contributed by atoms with Crippen LogP contribution in [0.2, 0.25) is 5.02 Å². The van der Waals surface area contributed by atoms with Crippen LogP contribution in [0, 0.1) is 6.92 Å². The lowest BCUT2D eigenvalue weighted by Crippen LogP contribution is -2.22. The SMILES string of the molecule is CCOc1cc(-c2cccc(Cl)c2)nc2ccc(C(=O)NCc3ccc(C)cc3)cc12. The topological polar surface area (TPSA) is 51.2 Å². The fourth-order valence-electron chi connectivity index (χ4n) is 3.40. The maximum Gasteiger partial charge on any atom is 0.251 e. The van der Waals surface area contributed by atoms with E-state index in [-0.39, 0.29) is 5.91 Å². The number of amides is 1. The predicted molar refractivity (Wildman–Crippen MR) is 126 cm³/mol. The summed E-state index contributed by atoms with van der Waals surface area (Å²) in [5, 5.41) is 4.43. The standard InChI is InChI=1S/C26H23ClN2O2/c1-3-31-25-15-24(19-5-4-6-21(27)13-19)29-23-12-11-20(14-22(23)25)26(30)28-16-18-9-7-17(2)8-10-18/h4-15H,3,16H2,1-2H3,(H,28,30). The highest BCUT2D eigenvalue weighted by Crippen LogP contribution is 2.31. The molecule has 0 atom stereocenters. The molecule has 0 aliphatic heterocycles. The quantitative estimate of drug-likeness (QED) is 0.396. The average Bonchev–Trinajstić information content (AvgIpc) is 2.78. The first-order valence-corrected chi connectivity index (χ1v) is 10.6. The Morgan fingerprint density at radius 1 is 1.03 bits per heavy atom. The van der Waals surface area contributed by atoms with Crippen LogP contribution in [0.5, 0.6) is 5.75 Å². The Morgan fingerprint density at radius 3 is 2.58 bits per heavy atom. The van der Waals surface area contributed by atoms with E-state index in [9.17, 15) is 4.79 Å². The molecule has 0 bridgehead atoms. The molecule has 1 amide bonds. The van der Waals surface area contributed by atoms with Crippen molar-refractivity contribution < 1.29 is 9.53 Å². The van der Waals surface area contributed by atoms with Gasteiger partial charge in [0.1, 0.15) is 5.75 Å². The molecule has 5 heteroatoms. The van der Waals surface area contributed by atoms with Gasteiger partial charge in [-0.3, -0.25) is 4.79 Å².